The molecule has 0 fully saturated rings. The Balaban J connectivity index is 1.85. The number of rotatable bonds is 11. The summed E-state index contributed by atoms with van der Waals surface area (Å²) in [6.45, 7) is 9.85. The van der Waals surface area contributed by atoms with E-state index in [9.17, 15) is 0 Å². The molecule has 1 N–H and O–H groups in total. The van der Waals surface area contributed by atoms with Crippen LogP contribution in [0, 0.1) is 6.92 Å². The van der Waals surface area contributed by atoms with E-state index in [1.807, 2.05) is 13.1 Å². The van der Waals surface area contributed by atoms with E-state index in [2.05, 4.69) is 114 Å². The van der Waals surface area contributed by atoms with E-state index in [1.165, 1.54) is 22.4 Å². The second-order valence-electron chi connectivity index (χ2n) is 8.19. The third-order valence-corrected chi connectivity index (χ3v) is 5.75. The Bertz CT molecular complexity index is 1010. The van der Waals surface area contributed by atoms with E-state index in [-0.39, 0.29) is 0 Å². The van der Waals surface area contributed by atoms with Crippen LogP contribution >= 0.6 is 0 Å². The van der Waals surface area contributed by atoms with E-state index >= 15 is 0 Å². The Morgan fingerprint density at radius 3 is 2.34 bits per heavy atom. The molecule has 0 saturated carbocycles. The summed E-state index contributed by atoms with van der Waals surface area (Å²) in [6, 6.07) is 28.1. The maximum atomic E-state index is 4.42. The van der Waals surface area contributed by atoms with Gasteiger partial charge in [-0.15, -0.1) is 0 Å². The minimum atomic E-state index is 0.377. The number of hydrogen-bond donors (Lipinski definition) is 1. The van der Waals surface area contributed by atoms with Crippen LogP contribution < -0.4 is 10.2 Å². The normalized spacial score (nSPS) is 12.4. The number of likely N-dealkylation sites (N-methyl/N-ethyl adjacent to an activating group) is 1. The van der Waals surface area contributed by atoms with Crippen LogP contribution in [0.4, 0.5) is 5.69 Å². The number of benzene rings is 3. The smallest absolute Gasteiger partial charge is 0.0748 e. The summed E-state index contributed by atoms with van der Waals surface area (Å²) in [5, 5.41) is 11.6. The topological polar surface area (TPSA) is 40.0 Å². The van der Waals surface area contributed by atoms with Crippen LogP contribution in [0.2, 0.25) is 0 Å². The standard InChI is InChI=1S/C28H34N4/c1-22-14-16-26(17-15-22)32(23(2)21-29-3)19-18-25-12-8-9-13-27(25)28(31-30-4)20-24-10-6-5-7-11-24/h5-17,23,29H,4,18-21H2,1-3H3/b31-28-. The van der Waals surface area contributed by atoms with Gasteiger partial charge in [0.05, 0.1) is 5.71 Å². The third-order valence-electron chi connectivity index (χ3n) is 5.75. The Morgan fingerprint density at radius 2 is 1.66 bits per heavy atom. The van der Waals surface area contributed by atoms with Crippen molar-refractivity contribution in [3.05, 3.63) is 101 Å². The molecule has 0 aliphatic carbocycles. The Kier molecular flexibility index (Phi) is 8.76. The Morgan fingerprint density at radius 1 is 0.969 bits per heavy atom. The summed E-state index contributed by atoms with van der Waals surface area (Å²) >= 11 is 0. The highest BCUT2D eigenvalue weighted by molar-refractivity contribution is 6.03. The van der Waals surface area contributed by atoms with Crippen molar-refractivity contribution in [3.8, 4) is 0 Å². The average molecular weight is 427 g/mol. The first-order valence-electron chi connectivity index (χ1n) is 11.2. The molecule has 1 atom stereocenters. The molecule has 0 aliphatic rings. The predicted molar refractivity (Wildman–Crippen MR) is 138 cm³/mol. The molecular weight excluding hydrogens is 392 g/mol. The fraction of sp³-hybridized carbons (Fsp3) is 0.286. The van der Waals surface area contributed by atoms with Gasteiger partial charge in [-0.1, -0.05) is 72.3 Å². The highest BCUT2D eigenvalue weighted by Crippen LogP contribution is 2.21. The Hall–Kier alpha value is -3.24. The van der Waals surface area contributed by atoms with E-state index < -0.39 is 0 Å². The van der Waals surface area contributed by atoms with Crippen molar-refractivity contribution < 1.29 is 0 Å². The van der Waals surface area contributed by atoms with Crippen LogP contribution in [0.15, 0.2) is 89.1 Å². The fourth-order valence-corrected chi connectivity index (χ4v) is 4.07. The molecule has 0 aliphatic heterocycles. The molecule has 0 amide bonds. The molecule has 4 nitrogen and oxygen atoms in total. The number of hydrogen-bond acceptors (Lipinski definition) is 4. The van der Waals surface area contributed by atoms with Gasteiger partial charge < -0.3 is 10.2 Å². The van der Waals surface area contributed by atoms with Gasteiger partial charge >= 0.3 is 0 Å². The summed E-state index contributed by atoms with van der Waals surface area (Å²) in [5.41, 5.74) is 7.12. The van der Waals surface area contributed by atoms with E-state index in [0.717, 1.165) is 37.2 Å². The molecule has 0 aromatic heterocycles. The van der Waals surface area contributed by atoms with Gasteiger partial charge in [0.15, 0.2) is 0 Å². The monoisotopic (exact) mass is 426 g/mol. The van der Waals surface area contributed by atoms with Gasteiger partial charge in [-0.3, -0.25) is 0 Å². The number of nitrogens with one attached hydrogen (secondary N) is 1. The molecular formula is C28H34N4. The van der Waals surface area contributed by atoms with Crippen molar-refractivity contribution in [2.75, 3.05) is 25.0 Å². The molecule has 4 heteroatoms. The average Bonchev–Trinajstić information content (AvgIpc) is 2.81. The van der Waals surface area contributed by atoms with Crippen LogP contribution in [0.1, 0.15) is 29.2 Å². The van der Waals surface area contributed by atoms with Crippen molar-refractivity contribution in [1.29, 1.82) is 0 Å². The lowest BCUT2D eigenvalue weighted by Gasteiger charge is -2.32. The van der Waals surface area contributed by atoms with Crippen molar-refractivity contribution in [2.45, 2.75) is 32.7 Å². The summed E-state index contributed by atoms with van der Waals surface area (Å²) in [4.78, 5) is 2.48. The van der Waals surface area contributed by atoms with Gasteiger partial charge in [-0.2, -0.15) is 10.2 Å². The van der Waals surface area contributed by atoms with E-state index in [1.54, 1.807) is 0 Å². The second-order valence-corrected chi connectivity index (χ2v) is 8.19. The lowest BCUT2D eigenvalue weighted by Crippen LogP contribution is -2.41. The van der Waals surface area contributed by atoms with Crippen LogP contribution in [0.5, 0.6) is 0 Å². The van der Waals surface area contributed by atoms with Gasteiger partial charge in [0, 0.05) is 43.5 Å². The predicted octanol–water partition coefficient (Wildman–Crippen LogP) is 5.30. The molecule has 1 unspecified atom stereocenters. The van der Waals surface area contributed by atoms with Gasteiger partial charge in [-0.05, 0) is 50.6 Å². The molecule has 166 valence electrons. The quantitative estimate of drug-likeness (QED) is 0.334. The summed E-state index contributed by atoms with van der Waals surface area (Å²) in [5.74, 6) is 0. The van der Waals surface area contributed by atoms with Crippen molar-refractivity contribution >= 4 is 18.1 Å². The molecule has 3 rings (SSSR count). The van der Waals surface area contributed by atoms with E-state index in [4.69, 9.17) is 0 Å². The maximum absolute atomic E-state index is 4.42. The van der Waals surface area contributed by atoms with Gasteiger partial charge in [0.1, 0.15) is 0 Å². The van der Waals surface area contributed by atoms with Crippen LogP contribution in [0.3, 0.4) is 0 Å². The highest BCUT2D eigenvalue weighted by Gasteiger charge is 2.16. The Labute approximate surface area is 192 Å². The zero-order valence-corrected chi connectivity index (χ0v) is 19.5. The first-order chi connectivity index (χ1) is 15.6. The minimum Gasteiger partial charge on any atom is -0.367 e. The molecule has 3 aromatic carbocycles. The summed E-state index contributed by atoms with van der Waals surface area (Å²) in [7, 11) is 2.01. The van der Waals surface area contributed by atoms with Crippen molar-refractivity contribution in [1.82, 2.24) is 5.32 Å². The molecule has 32 heavy (non-hydrogen) atoms. The lowest BCUT2D eigenvalue weighted by atomic mass is 9.95. The second kappa shape index (κ2) is 12.0. The van der Waals surface area contributed by atoms with Gasteiger partial charge in [0.2, 0.25) is 0 Å². The molecule has 3 aromatic rings. The molecule has 0 bridgehead atoms. The van der Waals surface area contributed by atoms with Crippen LogP contribution in [0.25, 0.3) is 0 Å². The van der Waals surface area contributed by atoms with Crippen LogP contribution in [-0.2, 0) is 12.8 Å². The minimum absolute atomic E-state index is 0.377. The van der Waals surface area contributed by atoms with E-state index in [0.29, 0.717) is 6.04 Å². The largest absolute Gasteiger partial charge is 0.367 e. The lowest BCUT2D eigenvalue weighted by molar-refractivity contribution is 0.593. The first-order valence-corrected chi connectivity index (χ1v) is 11.2. The first kappa shape index (κ1) is 23.4. The number of nitrogens with zero attached hydrogens (tertiary/aromatic N) is 3. The molecule has 0 saturated heterocycles. The summed E-state index contributed by atoms with van der Waals surface area (Å²) in [6.07, 6.45) is 1.65. The van der Waals surface area contributed by atoms with Crippen molar-refractivity contribution in [3.63, 3.8) is 0 Å². The number of aryl methyl sites for hydroxylation is 1. The van der Waals surface area contributed by atoms with Gasteiger partial charge in [0.25, 0.3) is 0 Å². The van der Waals surface area contributed by atoms with Gasteiger partial charge in [-0.25, -0.2) is 0 Å². The van der Waals surface area contributed by atoms with Crippen LogP contribution in [-0.4, -0.2) is 38.6 Å². The maximum Gasteiger partial charge on any atom is 0.0748 e. The molecule has 0 spiro atoms. The van der Waals surface area contributed by atoms with Crippen molar-refractivity contribution in [2.24, 2.45) is 10.2 Å². The SMILES string of the molecule is C=N/N=C(/Cc1ccccc1)c1ccccc1CCN(c1ccc(C)cc1)C(C)CNC. The summed E-state index contributed by atoms with van der Waals surface area (Å²) < 4.78 is 0. The third kappa shape index (κ3) is 6.38. The zero-order chi connectivity index (χ0) is 22.8. The highest BCUT2D eigenvalue weighted by atomic mass is 15.2. The molecule has 0 heterocycles. The number of anilines is 1. The molecule has 0 radical (unpaired) electrons. The zero-order valence-electron chi connectivity index (χ0n) is 19.5. The fourth-order valence-electron chi connectivity index (χ4n) is 4.07.